The molecule has 1 atom stereocenters. The molecule has 3 heterocycles. The topological polar surface area (TPSA) is 45.4 Å². The fraction of sp³-hybridized carbons (Fsp3) is 0.591. The predicted molar refractivity (Wildman–Crippen MR) is 116 cm³/mol. The summed E-state index contributed by atoms with van der Waals surface area (Å²) in [5, 5.41) is 2.80. The minimum atomic E-state index is 0.290. The standard InChI is InChI=1S/C22H32N4S/c1-22(2,3)25-13-10-17(11-14-25)16-6-8-18(9-7-16)26-12-4-5-20(26)19-15-27-21(23)24-19/h6-9,15,17,20H,4-5,10-14H2,1-3H3,(H2,23,24)/t20-/m1/s1. The molecule has 5 heteroatoms. The number of piperidine rings is 1. The van der Waals surface area contributed by atoms with Crippen molar-refractivity contribution in [2.45, 2.75) is 64.0 Å². The van der Waals surface area contributed by atoms with E-state index in [0.717, 1.165) is 18.7 Å². The summed E-state index contributed by atoms with van der Waals surface area (Å²) >= 11 is 1.55. The van der Waals surface area contributed by atoms with Gasteiger partial charge >= 0.3 is 0 Å². The van der Waals surface area contributed by atoms with Crippen LogP contribution in [-0.2, 0) is 0 Å². The molecule has 2 fully saturated rings. The molecule has 0 saturated carbocycles. The van der Waals surface area contributed by atoms with Gasteiger partial charge in [-0.25, -0.2) is 4.98 Å². The summed E-state index contributed by atoms with van der Waals surface area (Å²) in [5.74, 6) is 0.699. The van der Waals surface area contributed by atoms with Gasteiger partial charge in [0.05, 0.1) is 11.7 Å². The van der Waals surface area contributed by atoms with E-state index >= 15 is 0 Å². The Bertz CT molecular complexity index is 753. The summed E-state index contributed by atoms with van der Waals surface area (Å²) in [7, 11) is 0. The van der Waals surface area contributed by atoms with Gasteiger partial charge in [-0.1, -0.05) is 12.1 Å². The van der Waals surface area contributed by atoms with Crippen LogP contribution >= 0.6 is 11.3 Å². The second-order valence-electron chi connectivity index (χ2n) is 8.99. The first kappa shape index (κ1) is 18.8. The van der Waals surface area contributed by atoms with Crippen molar-refractivity contribution in [1.82, 2.24) is 9.88 Å². The number of nitrogens with zero attached hydrogens (tertiary/aromatic N) is 3. The van der Waals surface area contributed by atoms with E-state index in [2.05, 4.69) is 65.2 Å². The lowest BCUT2D eigenvalue weighted by Gasteiger charge is -2.41. The van der Waals surface area contributed by atoms with Gasteiger partial charge in [0.15, 0.2) is 5.13 Å². The second kappa shape index (κ2) is 7.44. The number of aromatic nitrogens is 1. The molecule has 0 unspecified atom stereocenters. The number of nitrogens with two attached hydrogens (primary N) is 1. The molecule has 2 saturated heterocycles. The summed E-state index contributed by atoms with van der Waals surface area (Å²) < 4.78 is 0. The molecule has 2 aliphatic rings. The van der Waals surface area contributed by atoms with Gasteiger partial charge in [0.1, 0.15) is 0 Å². The molecule has 0 radical (unpaired) electrons. The number of benzene rings is 1. The van der Waals surface area contributed by atoms with Crippen molar-refractivity contribution in [3.63, 3.8) is 0 Å². The maximum atomic E-state index is 5.85. The molecule has 0 amide bonds. The maximum Gasteiger partial charge on any atom is 0.180 e. The van der Waals surface area contributed by atoms with E-state index < -0.39 is 0 Å². The highest BCUT2D eigenvalue weighted by atomic mass is 32.1. The molecule has 2 aromatic rings. The van der Waals surface area contributed by atoms with Crippen LogP contribution in [0.3, 0.4) is 0 Å². The van der Waals surface area contributed by atoms with E-state index in [4.69, 9.17) is 5.73 Å². The number of likely N-dealkylation sites (tertiary alicyclic amines) is 1. The molecule has 2 N–H and O–H groups in total. The van der Waals surface area contributed by atoms with Crippen LogP contribution in [0.2, 0.25) is 0 Å². The highest BCUT2D eigenvalue weighted by Crippen LogP contribution is 2.38. The summed E-state index contributed by atoms with van der Waals surface area (Å²) in [4.78, 5) is 9.65. The number of anilines is 2. The van der Waals surface area contributed by atoms with Crippen LogP contribution in [-0.4, -0.2) is 35.1 Å². The maximum absolute atomic E-state index is 5.85. The van der Waals surface area contributed by atoms with Crippen LogP contribution in [0, 0.1) is 0 Å². The Balaban J connectivity index is 1.43. The molecule has 0 aliphatic carbocycles. The van der Waals surface area contributed by atoms with E-state index in [0.29, 0.717) is 22.6 Å². The Kier molecular flexibility index (Phi) is 5.17. The fourth-order valence-corrected chi connectivity index (χ4v) is 5.27. The Labute approximate surface area is 167 Å². The highest BCUT2D eigenvalue weighted by Gasteiger charge is 2.29. The molecular formula is C22H32N4S. The molecule has 4 nitrogen and oxygen atoms in total. The molecule has 1 aromatic heterocycles. The Morgan fingerprint density at radius 1 is 1.04 bits per heavy atom. The molecule has 0 spiro atoms. The van der Waals surface area contributed by atoms with Gasteiger partial charge in [0, 0.05) is 23.2 Å². The molecular weight excluding hydrogens is 352 g/mol. The van der Waals surface area contributed by atoms with Crippen LogP contribution in [0.25, 0.3) is 0 Å². The lowest BCUT2D eigenvalue weighted by Crippen LogP contribution is -2.45. The van der Waals surface area contributed by atoms with Gasteiger partial charge in [-0.15, -0.1) is 11.3 Å². The number of nitrogen functional groups attached to an aromatic ring is 1. The van der Waals surface area contributed by atoms with Crippen molar-refractivity contribution in [2.24, 2.45) is 0 Å². The number of rotatable bonds is 3. The van der Waals surface area contributed by atoms with Gasteiger partial charge in [-0.3, -0.25) is 4.90 Å². The molecule has 0 bridgehead atoms. The fourth-order valence-electron chi connectivity index (χ4n) is 4.66. The minimum absolute atomic E-state index is 0.290. The molecule has 146 valence electrons. The zero-order valence-corrected chi connectivity index (χ0v) is 17.6. The van der Waals surface area contributed by atoms with Crippen LogP contribution in [0.15, 0.2) is 29.6 Å². The van der Waals surface area contributed by atoms with Gasteiger partial charge in [0.25, 0.3) is 0 Å². The van der Waals surface area contributed by atoms with Crippen LogP contribution in [0.5, 0.6) is 0 Å². The van der Waals surface area contributed by atoms with Crippen molar-refractivity contribution >= 4 is 22.2 Å². The third-order valence-electron chi connectivity index (χ3n) is 6.27. The van der Waals surface area contributed by atoms with Crippen molar-refractivity contribution in [1.29, 1.82) is 0 Å². The highest BCUT2D eigenvalue weighted by molar-refractivity contribution is 7.13. The van der Waals surface area contributed by atoms with E-state index in [1.165, 1.54) is 43.6 Å². The Morgan fingerprint density at radius 3 is 2.33 bits per heavy atom. The normalized spacial score (nSPS) is 22.5. The summed E-state index contributed by atoms with van der Waals surface area (Å²) in [6.07, 6.45) is 4.91. The quantitative estimate of drug-likeness (QED) is 0.805. The van der Waals surface area contributed by atoms with Crippen molar-refractivity contribution in [3.05, 3.63) is 40.9 Å². The molecule has 27 heavy (non-hydrogen) atoms. The molecule has 1 aromatic carbocycles. The van der Waals surface area contributed by atoms with Crippen molar-refractivity contribution < 1.29 is 0 Å². The van der Waals surface area contributed by atoms with Crippen LogP contribution in [0.4, 0.5) is 10.8 Å². The third kappa shape index (κ3) is 3.99. The Morgan fingerprint density at radius 2 is 1.74 bits per heavy atom. The summed E-state index contributed by atoms with van der Waals surface area (Å²) in [5.41, 5.74) is 10.1. The second-order valence-corrected chi connectivity index (χ2v) is 9.88. The smallest absolute Gasteiger partial charge is 0.180 e. The zero-order valence-electron chi connectivity index (χ0n) is 16.8. The Hall–Kier alpha value is -1.59. The predicted octanol–water partition coefficient (Wildman–Crippen LogP) is 5.04. The average Bonchev–Trinajstić information content (AvgIpc) is 3.30. The molecule has 2 aliphatic heterocycles. The lowest BCUT2D eigenvalue weighted by molar-refractivity contribution is 0.102. The minimum Gasteiger partial charge on any atom is -0.375 e. The van der Waals surface area contributed by atoms with Crippen molar-refractivity contribution in [2.75, 3.05) is 30.3 Å². The zero-order chi connectivity index (χ0) is 19.0. The van der Waals surface area contributed by atoms with E-state index in [-0.39, 0.29) is 0 Å². The SMILES string of the molecule is CC(C)(C)N1CCC(c2ccc(N3CCC[C@@H]3c3csc(N)n3)cc2)CC1. The van der Waals surface area contributed by atoms with Crippen molar-refractivity contribution in [3.8, 4) is 0 Å². The number of hydrogen-bond donors (Lipinski definition) is 1. The largest absolute Gasteiger partial charge is 0.375 e. The van der Waals surface area contributed by atoms with E-state index in [9.17, 15) is 0 Å². The van der Waals surface area contributed by atoms with E-state index in [1.54, 1.807) is 11.3 Å². The molecule has 4 rings (SSSR count). The summed E-state index contributed by atoms with van der Waals surface area (Å²) in [6.45, 7) is 10.5. The van der Waals surface area contributed by atoms with Gasteiger partial charge in [-0.05, 0) is 83.2 Å². The van der Waals surface area contributed by atoms with Gasteiger partial charge in [-0.2, -0.15) is 0 Å². The van der Waals surface area contributed by atoms with Gasteiger partial charge in [0.2, 0.25) is 0 Å². The lowest BCUT2D eigenvalue weighted by atomic mass is 9.87. The summed E-state index contributed by atoms with van der Waals surface area (Å²) in [6, 6.07) is 9.73. The monoisotopic (exact) mass is 384 g/mol. The number of thiazole rings is 1. The van der Waals surface area contributed by atoms with Crippen LogP contribution in [0.1, 0.15) is 69.7 Å². The first-order chi connectivity index (χ1) is 12.9. The van der Waals surface area contributed by atoms with Gasteiger partial charge < -0.3 is 10.6 Å². The number of hydrogen-bond acceptors (Lipinski definition) is 5. The first-order valence-corrected chi connectivity index (χ1v) is 11.1. The van der Waals surface area contributed by atoms with E-state index in [1.807, 2.05) is 0 Å². The first-order valence-electron chi connectivity index (χ1n) is 10.2. The third-order valence-corrected chi connectivity index (χ3v) is 6.97. The van der Waals surface area contributed by atoms with Crippen LogP contribution < -0.4 is 10.6 Å². The average molecular weight is 385 g/mol.